The van der Waals surface area contributed by atoms with Gasteiger partial charge in [0.1, 0.15) is 17.5 Å². The van der Waals surface area contributed by atoms with Gasteiger partial charge >= 0.3 is 0 Å². The van der Waals surface area contributed by atoms with Crippen LogP contribution in [0, 0.1) is 6.92 Å². The van der Waals surface area contributed by atoms with E-state index in [0.29, 0.717) is 30.4 Å². The highest BCUT2D eigenvalue weighted by molar-refractivity contribution is 5.78. The van der Waals surface area contributed by atoms with Crippen LogP contribution >= 0.6 is 0 Å². The number of anilines is 2. The van der Waals surface area contributed by atoms with Crippen molar-refractivity contribution in [3.8, 4) is 0 Å². The van der Waals surface area contributed by atoms with Crippen LogP contribution in [0.1, 0.15) is 18.7 Å². The molecule has 0 aromatic carbocycles. The molecule has 5 N–H and O–H groups in total. The van der Waals surface area contributed by atoms with Crippen molar-refractivity contribution in [2.24, 2.45) is 5.84 Å². The lowest BCUT2D eigenvalue weighted by Crippen LogP contribution is -2.32. The second kappa shape index (κ2) is 4.96. The number of hydrogen-bond donors (Lipinski definition) is 4. The molecule has 0 bridgehead atoms. The van der Waals surface area contributed by atoms with E-state index in [-0.39, 0.29) is 11.9 Å². The molecular weight excluding hydrogens is 220 g/mol. The van der Waals surface area contributed by atoms with E-state index in [1.54, 1.807) is 13.0 Å². The summed E-state index contributed by atoms with van der Waals surface area (Å²) in [5, 5.41) is 6.04. The number of nitrogen functional groups attached to an aromatic ring is 1. The van der Waals surface area contributed by atoms with E-state index in [1.165, 1.54) is 0 Å². The molecule has 1 aromatic rings. The molecule has 17 heavy (non-hydrogen) atoms. The Morgan fingerprint density at radius 1 is 1.53 bits per heavy atom. The minimum absolute atomic E-state index is 0.111. The van der Waals surface area contributed by atoms with Crippen molar-refractivity contribution in [2.45, 2.75) is 25.8 Å². The van der Waals surface area contributed by atoms with E-state index in [4.69, 9.17) is 5.84 Å². The smallest absolute Gasteiger partial charge is 0.220 e. The molecule has 1 saturated heterocycles. The molecule has 0 radical (unpaired) electrons. The number of hydrogen-bond acceptors (Lipinski definition) is 6. The van der Waals surface area contributed by atoms with Crippen molar-refractivity contribution < 1.29 is 4.79 Å². The average molecular weight is 236 g/mol. The minimum atomic E-state index is 0.111. The predicted octanol–water partition coefficient (Wildman–Crippen LogP) is -0.239. The summed E-state index contributed by atoms with van der Waals surface area (Å²) in [5.41, 5.74) is 2.48. The second-order valence-corrected chi connectivity index (χ2v) is 4.01. The first kappa shape index (κ1) is 11.6. The van der Waals surface area contributed by atoms with Gasteiger partial charge in [0.2, 0.25) is 5.91 Å². The van der Waals surface area contributed by atoms with Gasteiger partial charge in [-0.25, -0.2) is 15.8 Å². The summed E-state index contributed by atoms with van der Waals surface area (Å²) in [4.78, 5) is 19.3. The second-order valence-electron chi connectivity index (χ2n) is 4.01. The average Bonchev–Trinajstić information content (AvgIpc) is 2.72. The number of nitrogens with one attached hydrogen (secondary N) is 3. The SMILES string of the molecule is Cc1nc(NN)cc(NCC2CCC(=O)N2)n1. The predicted molar refractivity (Wildman–Crippen MR) is 64.2 cm³/mol. The molecule has 2 heterocycles. The Morgan fingerprint density at radius 2 is 2.29 bits per heavy atom. The quantitative estimate of drug-likeness (QED) is 0.425. The Bertz CT molecular complexity index is 421. The van der Waals surface area contributed by atoms with Gasteiger partial charge in [-0.2, -0.15) is 0 Å². The molecule has 7 nitrogen and oxygen atoms in total. The third-order valence-electron chi connectivity index (χ3n) is 2.60. The van der Waals surface area contributed by atoms with Crippen LogP contribution in [0.5, 0.6) is 0 Å². The number of rotatable bonds is 4. The monoisotopic (exact) mass is 236 g/mol. The van der Waals surface area contributed by atoms with Gasteiger partial charge in [-0.15, -0.1) is 0 Å². The number of amides is 1. The summed E-state index contributed by atoms with van der Waals surface area (Å²) >= 11 is 0. The van der Waals surface area contributed by atoms with E-state index < -0.39 is 0 Å². The highest BCUT2D eigenvalue weighted by Gasteiger charge is 2.20. The lowest BCUT2D eigenvalue weighted by molar-refractivity contribution is -0.119. The van der Waals surface area contributed by atoms with Crippen molar-refractivity contribution in [1.82, 2.24) is 15.3 Å². The van der Waals surface area contributed by atoms with E-state index in [2.05, 4.69) is 26.0 Å². The van der Waals surface area contributed by atoms with Gasteiger partial charge in [-0.1, -0.05) is 0 Å². The number of nitrogens with zero attached hydrogens (tertiary/aromatic N) is 2. The Balaban J connectivity index is 1.94. The number of aromatic nitrogens is 2. The van der Waals surface area contributed by atoms with Crippen molar-refractivity contribution in [1.29, 1.82) is 0 Å². The van der Waals surface area contributed by atoms with E-state index in [1.807, 2.05) is 0 Å². The molecule has 92 valence electrons. The van der Waals surface area contributed by atoms with E-state index in [9.17, 15) is 4.79 Å². The summed E-state index contributed by atoms with van der Waals surface area (Å²) in [6.07, 6.45) is 1.46. The van der Waals surface area contributed by atoms with Gasteiger partial charge in [0.05, 0.1) is 0 Å². The minimum Gasteiger partial charge on any atom is -0.368 e. The largest absolute Gasteiger partial charge is 0.368 e. The van der Waals surface area contributed by atoms with Crippen molar-refractivity contribution >= 4 is 17.5 Å². The number of carbonyl (C=O) groups excluding carboxylic acids is 1. The van der Waals surface area contributed by atoms with Gasteiger partial charge in [-0.3, -0.25) is 4.79 Å². The molecule has 1 unspecified atom stereocenters. The van der Waals surface area contributed by atoms with Gasteiger partial charge in [0, 0.05) is 25.1 Å². The maximum atomic E-state index is 11.0. The standard InChI is InChI=1S/C10H16N6O/c1-6-13-8(4-9(14-6)16-11)12-5-7-2-3-10(17)15-7/h4,7H,2-3,5,11H2,1H3,(H,15,17)(H2,12,13,14,16). The fraction of sp³-hybridized carbons (Fsp3) is 0.500. The van der Waals surface area contributed by atoms with Crippen LogP contribution in [-0.2, 0) is 4.79 Å². The summed E-state index contributed by atoms with van der Waals surface area (Å²) in [7, 11) is 0. The molecule has 1 fully saturated rings. The number of aryl methyl sites for hydroxylation is 1. The molecule has 0 saturated carbocycles. The zero-order valence-corrected chi connectivity index (χ0v) is 9.66. The molecule has 1 atom stereocenters. The highest BCUT2D eigenvalue weighted by atomic mass is 16.1. The summed E-state index contributed by atoms with van der Waals surface area (Å²) in [6.45, 7) is 2.45. The zero-order chi connectivity index (χ0) is 12.3. The Hall–Kier alpha value is -1.89. The van der Waals surface area contributed by atoms with Crippen LogP contribution in [0.3, 0.4) is 0 Å². The van der Waals surface area contributed by atoms with Crippen LogP contribution < -0.4 is 21.9 Å². The topological polar surface area (TPSA) is 105 Å². The third-order valence-corrected chi connectivity index (χ3v) is 2.60. The normalized spacial score (nSPS) is 18.9. The van der Waals surface area contributed by atoms with Crippen LogP contribution in [0.4, 0.5) is 11.6 Å². The molecular formula is C10H16N6O. The maximum Gasteiger partial charge on any atom is 0.220 e. The van der Waals surface area contributed by atoms with Gasteiger partial charge in [0.25, 0.3) is 0 Å². The maximum absolute atomic E-state index is 11.0. The summed E-state index contributed by atoms with van der Waals surface area (Å²) in [6, 6.07) is 1.90. The molecule has 1 aromatic heterocycles. The molecule has 0 spiro atoms. The Morgan fingerprint density at radius 3 is 2.94 bits per heavy atom. The number of hydrazine groups is 1. The van der Waals surface area contributed by atoms with Gasteiger partial charge in [0.15, 0.2) is 0 Å². The number of nitrogens with two attached hydrogens (primary N) is 1. The van der Waals surface area contributed by atoms with E-state index in [0.717, 1.165) is 6.42 Å². The van der Waals surface area contributed by atoms with Crippen molar-refractivity contribution in [3.05, 3.63) is 11.9 Å². The first-order chi connectivity index (χ1) is 8.17. The Labute approximate surface area is 99.2 Å². The third kappa shape index (κ3) is 3.04. The van der Waals surface area contributed by atoms with Crippen LogP contribution in [0.2, 0.25) is 0 Å². The highest BCUT2D eigenvalue weighted by Crippen LogP contribution is 2.11. The molecule has 0 aliphatic carbocycles. The lowest BCUT2D eigenvalue weighted by atomic mass is 10.2. The first-order valence-corrected chi connectivity index (χ1v) is 5.53. The van der Waals surface area contributed by atoms with Gasteiger partial charge in [-0.05, 0) is 13.3 Å². The Kier molecular flexibility index (Phi) is 3.38. The molecule has 1 aliphatic rings. The van der Waals surface area contributed by atoms with Gasteiger partial charge < -0.3 is 16.1 Å². The van der Waals surface area contributed by atoms with Crippen molar-refractivity contribution in [3.63, 3.8) is 0 Å². The number of carbonyl (C=O) groups is 1. The molecule has 7 heteroatoms. The molecule has 1 amide bonds. The van der Waals surface area contributed by atoms with Crippen LogP contribution in [0.25, 0.3) is 0 Å². The zero-order valence-electron chi connectivity index (χ0n) is 9.66. The van der Waals surface area contributed by atoms with Crippen LogP contribution in [-0.4, -0.2) is 28.5 Å². The molecule has 1 aliphatic heterocycles. The first-order valence-electron chi connectivity index (χ1n) is 5.53. The fourth-order valence-electron chi connectivity index (χ4n) is 1.79. The van der Waals surface area contributed by atoms with Crippen molar-refractivity contribution in [2.75, 3.05) is 17.3 Å². The summed E-state index contributed by atoms with van der Waals surface area (Å²) < 4.78 is 0. The fourth-order valence-corrected chi connectivity index (χ4v) is 1.79. The van der Waals surface area contributed by atoms with E-state index >= 15 is 0 Å². The summed E-state index contributed by atoms with van der Waals surface area (Å²) in [5.74, 6) is 7.31. The lowest BCUT2D eigenvalue weighted by Gasteiger charge is -2.12. The molecule has 2 rings (SSSR count). The van der Waals surface area contributed by atoms with Crippen LogP contribution in [0.15, 0.2) is 6.07 Å².